The predicted octanol–water partition coefficient (Wildman–Crippen LogP) is 3.74. The molecule has 0 heterocycles. The van der Waals surface area contributed by atoms with E-state index >= 15 is 0 Å². The summed E-state index contributed by atoms with van der Waals surface area (Å²) in [5, 5.41) is 3.59. The highest BCUT2D eigenvalue weighted by atomic mass is 19.1. The van der Waals surface area contributed by atoms with Crippen LogP contribution in [-0.2, 0) is 6.54 Å². The van der Waals surface area contributed by atoms with Gasteiger partial charge in [0, 0.05) is 12.6 Å². The number of nitrogens with one attached hydrogen (secondary N) is 1. The lowest BCUT2D eigenvalue weighted by molar-refractivity contribution is 0.259. The molecule has 1 aromatic carbocycles. The molecule has 2 aliphatic carbocycles. The first kappa shape index (κ1) is 12.2. The van der Waals surface area contributed by atoms with Crippen LogP contribution in [0.1, 0.15) is 38.2 Å². The summed E-state index contributed by atoms with van der Waals surface area (Å²) in [7, 11) is 0. The molecule has 2 fully saturated rings. The van der Waals surface area contributed by atoms with E-state index in [-0.39, 0.29) is 5.82 Å². The van der Waals surface area contributed by atoms with Gasteiger partial charge in [0.1, 0.15) is 5.82 Å². The molecule has 3 rings (SSSR count). The Labute approximate surface area is 109 Å². The van der Waals surface area contributed by atoms with E-state index in [4.69, 9.17) is 0 Å². The third kappa shape index (κ3) is 2.44. The van der Waals surface area contributed by atoms with Crippen molar-refractivity contribution in [3.8, 4) is 0 Å². The van der Waals surface area contributed by atoms with Gasteiger partial charge in [-0.3, -0.25) is 0 Å². The summed E-state index contributed by atoms with van der Waals surface area (Å²) in [6.07, 6.45) is 5.75. The molecule has 2 saturated carbocycles. The van der Waals surface area contributed by atoms with Crippen molar-refractivity contribution in [3.63, 3.8) is 0 Å². The monoisotopic (exact) mass is 247 g/mol. The molecule has 18 heavy (non-hydrogen) atoms. The van der Waals surface area contributed by atoms with E-state index in [1.54, 1.807) is 12.1 Å². The van der Waals surface area contributed by atoms with Crippen molar-refractivity contribution in [1.82, 2.24) is 5.32 Å². The van der Waals surface area contributed by atoms with E-state index in [0.717, 1.165) is 29.9 Å². The van der Waals surface area contributed by atoms with Gasteiger partial charge in [0.25, 0.3) is 0 Å². The summed E-state index contributed by atoms with van der Waals surface area (Å²) in [5.74, 6) is 2.66. The Hall–Kier alpha value is -0.890. The van der Waals surface area contributed by atoms with Crippen molar-refractivity contribution in [2.45, 2.75) is 45.2 Å². The molecule has 0 unspecified atom stereocenters. The smallest absolute Gasteiger partial charge is 0.123 e. The molecular formula is C16H22FN. The maximum atomic E-state index is 13.1. The largest absolute Gasteiger partial charge is 0.310 e. The fourth-order valence-corrected chi connectivity index (χ4v) is 3.98. The maximum Gasteiger partial charge on any atom is 0.123 e. The minimum atomic E-state index is -0.137. The first-order valence-corrected chi connectivity index (χ1v) is 7.20. The average Bonchev–Trinajstić information content (AvgIpc) is 2.98. The number of benzene rings is 1. The second kappa shape index (κ2) is 5.00. The van der Waals surface area contributed by atoms with Crippen molar-refractivity contribution in [2.75, 3.05) is 0 Å². The lowest BCUT2D eigenvalue weighted by Gasteiger charge is -2.28. The standard InChI is InChI=1S/C16H22FN/c1-11(16-9-12-5-6-14(16)7-12)18-10-13-3-2-4-15(17)8-13/h2-4,8,11-12,14,16,18H,5-7,9-10H2,1H3/t11-,12+,14+,16-/m1/s1. The van der Waals surface area contributed by atoms with E-state index in [1.807, 2.05) is 6.07 Å². The second-order valence-electron chi connectivity index (χ2n) is 6.14. The summed E-state index contributed by atoms with van der Waals surface area (Å²) in [5.41, 5.74) is 1.05. The van der Waals surface area contributed by atoms with Crippen LogP contribution in [0.15, 0.2) is 24.3 Å². The van der Waals surface area contributed by atoms with Crippen LogP contribution in [0.2, 0.25) is 0 Å². The summed E-state index contributed by atoms with van der Waals surface area (Å²) >= 11 is 0. The van der Waals surface area contributed by atoms with E-state index in [1.165, 1.54) is 31.7 Å². The molecule has 0 saturated heterocycles. The van der Waals surface area contributed by atoms with Crippen molar-refractivity contribution in [1.29, 1.82) is 0 Å². The zero-order chi connectivity index (χ0) is 12.5. The zero-order valence-electron chi connectivity index (χ0n) is 11.0. The molecule has 1 nitrogen and oxygen atoms in total. The highest BCUT2D eigenvalue weighted by molar-refractivity contribution is 5.16. The Morgan fingerprint density at radius 3 is 2.89 bits per heavy atom. The summed E-state index contributed by atoms with van der Waals surface area (Å²) in [6.45, 7) is 3.08. The van der Waals surface area contributed by atoms with E-state index in [0.29, 0.717) is 6.04 Å². The normalized spacial score (nSPS) is 31.8. The minimum Gasteiger partial charge on any atom is -0.310 e. The molecule has 0 aliphatic heterocycles. The number of hydrogen-bond acceptors (Lipinski definition) is 1. The van der Waals surface area contributed by atoms with Gasteiger partial charge in [0.05, 0.1) is 0 Å². The summed E-state index contributed by atoms with van der Waals surface area (Å²) < 4.78 is 13.1. The van der Waals surface area contributed by atoms with Gasteiger partial charge >= 0.3 is 0 Å². The lowest BCUT2D eigenvalue weighted by Crippen LogP contribution is -2.35. The van der Waals surface area contributed by atoms with Gasteiger partial charge in [-0.05, 0) is 61.6 Å². The first-order valence-electron chi connectivity index (χ1n) is 7.20. The molecule has 0 amide bonds. The SMILES string of the molecule is C[C@@H](NCc1cccc(F)c1)[C@H]1C[C@H]2CC[C@H]1C2. The first-order chi connectivity index (χ1) is 8.72. The van der Waals surface area contributed by atoms with Crippen LogP contribution >= 0.6 is 0 Å². The van der Waals surface area contributed by atoms with Crippen molar-refractivity contribution >= 4 is 0 Å². The Kier molecular flexibility index (Phi) is 3.38. The van der Waals surface area contributed by atoms with Crippen LogP contribution < -0.4 is 5.32 Å². The molecule has 1 N–H and O–H groups in total. The van der Waals surface area contributed by atoms with Crippen LogP contribution in [-0.4, -0.2) is 6.04 Å². The van der Waals surface area contributed by atoms with Gasteiger partial charge in [0.15, 0.2) is 0 Å². The van der Waals surface area contributed by atoms with E-state index in [2.05, 4.69) is 12.2 Å². The van der Waals surface area contributed by atoms with Crippen molar-refractivity contribution in [2.24, 2.45) is 17.8 Å². The summed E-state index contributed by atoms with van der Waals surface area (Å²) in [6, 6.07) is 7.46. The second-order valence-corrected chi connectivity index (χ2v) is 6.14. The Bertz CT molecular complexity index is 417. The van der Waals surface area contributed by atoms with Gasteiger partial charge in [-0.2, -0.15) is 0 Å². The third-order valence-corrected chi connectivity index (χ3v) is 4.95. The Morgan fingerprint density at radius 1 is 1.33 bits per heavy atom. The lowest BCUT2D eigenvalue weighted by atomic mass is 9.84. The number of fused-ring (bicyclic) bond motifs is 2. The topological polar surface area (TPSA) is 12.0 Å². The van der Waals surface area contributed by atoms with Crippen molar-refractivity contribution < 1.29 is 4.39 Å². The van der Waals surface area contributed by atoms with E-state index in [9.17, 15) is 4.39 Å². The van der Waals surface area contributed by atoms with Crippen LogP contribution in [0, 0.1) is 23.6 Å². The molecule has 2 heteroatoms. The van der Waals surface area contributed by atoms with Crippen LogP contribution in [0.4, 0.5) is 4.39 Å². The number of hydrogen-bond donors (Lipinski definition) is 1. The van der Waals surface area contributed by atoms with Crippen LogP contribution in [0.3, 0.4) is 0 Å². The molecule has 1 aromatic rings. The fraction of sp³-hybridized carbons (Fsp3) is 0.625. The molecule has 4 atom stereocenters. The molecule has 2 bridgehead atoms. The maximum absolute atomic E-state index is 13.1. The van der Waals surface area contributed by atoms with Crippen molar-refractivity contribution in [3.05, 3.63) is 35.6 Å². The van der Waals surface area contributed by atoms with Crippen LogP contribution in [0.25, 0.3) is 0 Å². The molecule has 98 valence electrons. The average molecular weight is 247 g/mol. The Morgan fingerprint density at radius 2 is 2.22 bits per heavy atom. The highest BCUT2D eigenvalue weighted by Gasteiger charge is 2.41. The highest BCUT2D eigenvalue weighted by Crippen LogP contribution is 2.49. The van der Waals surface area contributed by atoms with Crippen LogP contribution in [0.5, 0.6) is 0 Å². The van der Waals surface area contributed by atoms with E-state index < -0.39 is 0 Å². The zero-order valence-corrected chi connectivity index (χ0v) is 11.0. The fourth-order valence-electron chi connectivity index (χ4n) is 3.98. The summed E-state index contributed by atoms with van der Waals surface area (Å²) in [4.78, 5) is 0. The quantitative estimate of drug-likeness (QED) is 0.854. The number of rotatable bonds is 4. The van der Waals surface area contributed by atoms with Gasteiger partial charge in [0.2, 0.25) is 0 Å². The molecule has 0 aromatic heterocycles. The molecular weight excluding hydrogens is 225 g/mol. The number of halogens is 1. The van der Waals surface area contributed by atoms with Gasteiger partial charge in [-0.25, -0.2) is 4.39 Å². The molecule has 0 spiro atoms. The molecule has 2 aliphatic rings. The van der Waals surface area contributed by atoms with Gasteiger partial charge < -0.3 is 5.32 Å². The van der Waals surface area contributed by atoms with Gasteiger partial charge in [-0.1, -0.05) is 18.6 Å². The third-order valence-electron chi connectivity index (χ3n) is 4.95. The predicted molar refractivity (Wildman–Crippen MR) is 71.6 cm³/mol. The Balaban J connectivity index is 1.54. The minimum absolute atomic E-state index is 0.137. The van der Waals surface area contributed by atoms with Gasteiger partial charge in [-0.15, -0.1) is 0 Å². The molecule has 0 radical (unpaired) electrons.